The Balaban J connectivity index is 2.08. The Labute approximate surface area is 127 Å². The van der Waals surface area contributed by atoms with Gasteiger partial charge < -0.3 is 10.1 Å². The predicted octanol–water partition coefficient (Wildman–Crippen LogP) is 4.06. The van der Waals surface area contributed by atoms with Gasteiger partial charge in [-0.2, -0.15) is 5.10 Å². The summed E-state index contributed by atoms with van der Waals surface area (Å²) >= 11 is 0. The molecule has 21 heavy (non-hydrogen) atoms. The first-order valence-corrected chi connectivity index (χ1v) is 7.62. The van der Waals surface area contributed by atoms with Gasteiger partial charge in [0.05, 0.1) is 12.4 Å². The van der Waals surface area contributed by atoms with E-state index in [0.717, 1.165) is 36.6 Å². The van der Waals surface area contributed by atoms with Crippen LogP contribution in [0.25, 0.3) is 0 Å². The molecule has 1 heterocycles. The molecule has 0 fully saturated rings. The van der Waals surface area contributed by atoms with Crippen molar-refractivity contribution < 1.29 is 4.74 Å². The smallest absolute Gasteiger partial charge is 0.165 e. The first-order valence-electron chi connectivity index (χ1n) is 7.62. The van der Waals surface area contributed by atoms with E-state index in [1.54, 1.807) is 6.20 Å². The van der Waals surface area contributed by atoms with Crippen molar-refractivity contribution in [3.05, 3.63) is 41.7 Å². The van der Waals surface area contributed by atoms with E-state index >= 15 is 0 Å². The maximum absolute atomic E-state index is 5.98. The van der Waals surface area contributed by atoms with E-state index in [4.69, 9.17) is 4.74 Å². The lowest BCUT2D eigenvalue weighted by molar-refractivity contribution is 0.472. The quantitative estimate of drug-likeness (QED) is 0.780. The number of aromatic nitrogens is 2. The van der Waals surface area contributed by atoms with Gasteiger partial charge in [0.15, 0.2) is 5.75 Å². The van der Waals surface area contributed by atoms with Crippen LogP contribution in [0.2, 0.25) is 0 Å². The zero-order valence-electron chi connectivity index (χ0n) is 13.4. The summed E-state index contributed by atoms with van der Waals surface area (Å²) in [6.45, 7) is 10.3. The third kappa shape index (κ3) is 4.33. The zero-order valence-corrected chi connectivity index (χ0v) is 13.4. The molecule has 0 saturated carbocycles. The Bertz CT molecular complexity index is 575. The second kappa shape index (κ2) is 7.27. The molecule has 2 rings (SSSR count). The lowest BCUT2D eigenvalue weighted by Crippen LogP contribution is -2.13. The molecule has 0 aliphatic heterocycles. The Kier molecular flexibility index (Phi) is 5.39. The fourth-order valence-electron chi connectivity index (χ4n) is 2.06. The van der Waals surface area contributed by atoms with Gasteiger partial charge in [-0.1, -0.05) is 19.1 Å². The highest BCUT2D eigenvalue weighted by atomic mass is 16.5. The van der Waals surface area contributed by atoms with E-state index < -0.39 is 0 Å². The topological polar surface area (TPSA) is 39.1 Å². The van der Waals surface area contributed by atoms with Crippen LogP contribution in [0.3, 0.4) is 0 Å². The van der Waals surface area contributed by atoms with Gasteiger partial charge in [-0.3, -0.25) is 4.68 Å². The second-order valence-corrected chi connectivity index (χ2v) is 5.63. The number of ether oxygens (including phenoxy) is 1. The van der Waals surface area contributed by atoms with Gasteiger partial charge in [0.1, 0.15) is 5.75 Å². The summed E-state index contributed by atoms with van der Waals surface area (Å²) in [4.78, 5) is 0. The molecule has 0 aliphatic rings. The normalized spacial score (nSPS) is 11.1. The summed E-state index contributed by atoms with van der Waals surface area (Å²) in [6.07, 6.45) is 4.84. The minimum absolute atomic E-state index is 0.341. The van der Waals surface area contributed by atoms with Crippen molar-refractivity contribution in [2.45, 2.75) is 46.7 Å². The minimum atomic E-state index is 0.341. The van der Waals surface area contributed by atoms with Crippen LogP contribution in [-0.2, 0) is 6.54 Å². The summed E-state index contributed by atoms with van der Waals surface area (Å²) in [5, 5.41) is 7.71. The molecular weight excluding hydrogens is 262 g/mol. The number of aryl methyl sites for hydroxylation is 1. The lowest BCUT2D eigenvalue weighted by Gasteiger charge is -2.10. The molecule has 1 N–H and O–H groups in total. The Hall–Kier alpha value is -1.81. The highest BCUT2D eigenvalue weighted by Gasteiger charge is 2.07. The number of hydrogen-bond acceptors (Lipinski definition) is 3. The van der Waals surface area contributed by atoms with E-state index in [0.29, 0.717) is 6.04 Å². The fraction of sp³-hybridized carbons (Fsp3) is 0.471. The Morgan fingerprint density at radius 1 is 1.33 bits per heavy atom. The van der Waals surface area contributed by atoms with Gasteiger partial charge in [0.2, 0.25) is 0 Å². The predicted molar refractivity (Wildman–Crippen MR) is 85.9 cm³/mol. The Morgan fingerprint density at radius 2 is 2.14 bits per heavy atom. The maximum Gasteiger partial charge on any atom is 0.165 e. The van der Waals surface area contributed by atoms with Crippen LogP contribution in [0.4, 0.5) is 0 Å². The highest BCUT2D eigenvalue weighted by Crippen LogP contribution is 2.26. The van der Waals surface area contributed by atoms with Crippen molar-refractivity contribution in [1.82, 2.24) is 15.1 Å². The number of nitrogens with zero attached hydrogens (tertiary/aromatic N) is 2. The molecule has 0 bridgehead atoms. The van der Waals surface area contributed by atoms with Gasteiger partial charge in [-0.15, -0.1) is 0 Å². The molecule has 0 radical (unpaired) electrons. The first kappa shape index (κ1) is 15.6. The number of benzene rings is 1. The van der Waals surface area contributed by atoms with Gasteiger partial charge in [0, 0.05) is 12.6 Å². The van der Waals surface area contributed by atoms with Crippen LogP contribution in [0.15, 0.2) is 30.6 Å². The van der Waals surface area contributed by atoms with Gasteiger partial charge in [-0.25, -0.2) is 0 Å². The third-order valence-electron chi connectivity index (χ3n) is 3.34. The molecule has 4 heteroatoms. The fourth-order valence-corrected chi connectivity index (χ4v) is 2.06. The SMILES string of the molecule is CCCNCc1ccc(C)c(Oc2cnn(C(C)C)c2)c1. The van der Waals surface area contributed by atoms with Crippen molar-refractivity contribution in [1.29, 1.82) is 0 Å². The van der Waals surface area contributed by atoms with Gasteiger partial charge in [0.25, 0.3) is 0 Å². The van der Waals surface area contributed by atoms with Crippen molar-refractivity contribution >= 4 is 0 Å². The van der Waals surface area contributed by atoms with E-state index in [2.05, 4.69) is 56.3 Å². The van der Waals surface area contributed by atoms with Gasteiger partial charge in [-0.05, 0) is 50.9 Å². The van der Waals surface area contributed by atoms with Crippen LogP contribution < -0.4 is 10.1 Å². The van der Waals surface area contributed by atoms with Crippen LogP contribution in [0.5, 0.6) is 11.5 Å². The zero-order chi connectivity index (χ0) is 15.2. The molecule has 0 atom stereocenters. The first-order chi connectivity index (χ1) is 10.1. The van der Waals surface area contributed by atoms with Crippen LogP contribution >= 0.6 is 0 Å². The highest BCUT2D eigenvalue weighted by molar-refractivity contribution is 5.39. The van der Waals surface area contributed by atoms with Crippen molar-refractivity contribution in [3.63, 3.8) is 0 Å². The Morgan fingerprint density at radius 3 is 2.81 bits per heavy atom. The van der Waals surface area contributed by atoms with Crippen molar-refractivity contribution in [2.24, 2.45) is 0 Å². The van der Waals surface area contributed by atoms with Crippen LogP contribution in [-0.4, -0.2) is 16.3 Å². The molecule has 1 aromatic heterocycles. The van der Waals surface area contributed by atoms with Crippen molar-refractivity contribution in [3.8, 4) is 11.5 Å². The third-order valence-corrected chi connectivity index (χ3v) is 3.34. The number of rotatable bonds is 7. The van der Waals surface area contributed by atoms with E-state index in [1.165, 1.54) is 5.56 Å². The molecule has 0 saturated heterocycles. The maximum atomic E-state index is 5.98. The van der Waals surface area contributed by atoms with Crippen LogP contribution in [0, 0.1) is 6.92 Å². The second-order valence-electron chi connectivity index (χ2n) is 5.63. The molecule has 1 aromatic carbocycles. The summed E-state index contributed by atoms with van der Waals surface area (Å²) in [5.41, 5.74) is 2.37. The lowest BCUT2D eigenvalue weighted by atomic mass is 10.1. The molecular formula is C17H25N3O. The molecule has 0 unspecified atom stereocenters. The molecule has 0 aliphatic carbocycles. The number of hydrogen-bond donors (Lipinski definition) is 1. The molecule has 0 spiro atoms. The average molecular weight is 287 g/mol. The molecule has 4 nitrogen and oxygen atoms in total. The van der Waals surface area contributed by atoms with E-state index in [9.17, 15) is 0 Å². The van der Waals surface area contributed by atoms with Crippen molar-refractivity contribution in [2.75, 3.05) is 6.54 Å². The standard InChI is InChI=1S/C17H25N3O/c1-5-8-18-10-15-7-6-14(4)17(9-15)21-16-11-19-20(12-16)13(2)3/h6-7,9,11-13,18H,5,8,10H2,1-4H3. The summed E-state index contributed by atoms with van der Waals surface area (Å²) in [5.74, 6) is 1.68. The molecule has 2 aromatic rings. The van der Waals surface area contributed by atoms with Crippen LogP contribution in [0.1, 0.15) is 44.4 Å². The van der Waals surface area contributed by atoms with Gasteiger partial charge >= 0.3 is 0 Å². The molecule has 114 valence electrons. The monoisotopic (exact) mass is 287 g/mol. The van der Waals surface area contributed by atoms with E-state index in [-0.39, 0.29) is 0 Å². The number of nitrogens with one attached hydrogen (secondary N) is 1. The van der Waals surface area contributed by atoms with E-state index in [1.807, 2.05) is 10.9 Å². The minimum Gasteiger partial charge on any atom is -0.454 e. The average Bonchev–Trinajstić information content (AvgIpc) is 2.91. The summed E-state index contributed by atoms with van der Waals surface area (Å²) < 4.78 is 7.88. The summed E-state index contributed by atoms with van der Waals surface area (Å²) in [7, 11) is 0. The summed E-state index contributed by atoms with van der Waals surface area (Å²) in [6, 6.07) is 6.69. The largest absolute Gasteiger partial charge is 0.454 e. The molecule has 0 amide bonds.